The van der Waals surface area contributed by atoms with Crippen molar-refractivity contribution in [3.05, 3.63) is 0 Å². The zero-order valence-corrected chi connectivity index (χ0v) is 4.93. The second-order valence-electron chi connectivity index (χ2n) is 2.06. The van der Waals surface area contributed by atoms with Crippen molar-refractivity contribution in [1.29, 1.82) is 0 Å². The minimum absolute atomic E-state index is 0.167. The van der Waals surface area contributed by atoms with E-state index in [1.54, 1.807) is 0 Å². The van der Waals surface area contributed by atoms with Gasteiger partial charge in [0.15, 0.2) is 0 Å². The van der Waals surface area contributed by atoms with E-state index in [0.29, 0.717) is 0 Å². The fourth-order valence-corrected chi connectivity index (χ4v) is 0.886. The lowest BCUT2D eigenvalue weighted by Gasteiger charge is -2.07. The molecular formula is C6H11NO. The Labute approximate surface area is 49.2 Å². The zero-order valence-electron chi connectivity index (χ0n) is 4.93. The lowest BCUT2D eigenvalue weighted by Crippen LogP contribution is -2.09. The first-order valence-corrected chi connectivity index (χ1v) is 3.06. The molecule has 1 rings (SSSR count). The number of hydrogen-bond donors (Lipinski definition) is 1. The molecule has 0 aromatic heterocycles. The Morgan fingerprint density at radius 3 is 2.75 bits per heavy atom. The van der Waals surface area contributed by atoms with Gasteiger partial charge in [-0.3, -0.25) is 4.99 Å². The molecule has 0 unspecified atom stereocenters. The van der Waals surface area contributed by atoms with Crippen LogP contribution in [0.1, 0.15) is 19.3 Å². The molecule has 0 radical (unpaired) electrons. The van der Waals surface area contributed by atoms with Crippen LogP contribution in [-0.2, 0) is 0 Å². The van der Waals surface area contributed by atoms with Crippen molar-refractivity contribution in [2.45, 2.75) is 19.3 Å². The molecule has 1 N–H and O–H groups in total. The number of aliphatic hydroxyl groups excluding tert-OH is 1. The van der Waals surface area contributed by atoms with Crippen LogP contribution in [-0.4, -0.2) is 24.0 Å². The molecule has 0 fully saturated rings. The Morgan fingerprint density at radius 1 is 1.50 bits per heavy atom. The highest BCUT2D eigenvalue weighted by molar-refractivity contribution is 5.85. The predicted molar refractivity (Wildman–Crippen MR) is 33.2 cm³/mol. The van der Waals surface area contributed by atoms with Gasteiger partial charge in [0.05, 0.1) is 6.61 Å². The van der Waals surface area contributed by atoms with E-state index in [9.17, 15) is 0 Å². The van der Waals surface area contributed by atoms with Crippen molar-refractivity contribution >= 4 is 5.71 Å². The van der Waals surface area contributed by atoms with E-state index in [-0.39, 0.29) is 6.61 Å². The minimum atomic E-state index is 0.167. The van der Waals surface area contributed by atoms with Crippen molar-refractivity contribution in [2.75, 3.05) is 13.2 Å². The van der Waals surface area contributed by atoms with Crippen molar-refractivity contribution in [2.24, 2.45) is 4.99 Å². The summed E-state index contributed by atoms with van der Waals surface area (Å²) in [6.45, 7) is 1.09. The summed E-state index contributed by atoms with van der Waals surface area (Å²) in [6.07, 6.45) is 3.42. The van der Waals surface area contributed by atoms with Gasteiger partial charge >= 0.3 is 0 Å². The Balaban J connectivity index is 2.37. The van der Waals surface area contributed by atoms with Crippen molar-refractivity contribution < 1.29 is 5.11 Å². The predicted octanol–water partition coefficient (Wildman–Crippen LogP) is 0.604. The van der Waals surface area contributed by atoms with Crippen molar-refractivity contribution in [1.82, 2.24) is 0 Å². The first kappa shape index (κ1) is 5.76. The molecular weight excluding hydrogens is 102 g/mol. The smallest absolute Gasteiger partial charge is 0.0809 e. The van der Waals surface area contributed by atoms with Gasteiger partial charge in [-0.05, 0) is 19.3 Å². The molecule has 2 nitrogen and oxygen atoms in total. The standard InChI is InChI=1S/C6H11NO/c8-5-6-3-1-2-4-7-6/h8H,1-5H2. The highest BCUT2D eigenvalue weighted by Crippen LogP contribution is 2.04. The first-order valence-electron chi connectivity index (χ1n) is 3.06. The summed E-state index contributed by atoms with van der Waals surface area (Å²) in [5.41, 5.74) is 0.983. The molecule has 0 amide bonds. The highest BCUT2D eigenvalue weighted by atomic mass is 16.3. The third-order valence-corrected chi connectivity index (χ3v) is 1.39. The third kappa shape index (κ3) is 1.30. The summed E-state index contributed by atoms with van der Waals surface area (Å²) in [7, 11) is 0. The topological polar surface area (TPSA) is 32.6 Å². The van der Waals surface area contributed by atoms with E-state index in [4.69, 9.17) is 5.11 Å². The monoisotopic (exact) mass is 113 g/mol. The first-order chi connectivity index (χ1) is 3.93. The van der Waals surface area contributed by atoms with E-state index in [1.165, 1.54) is 12.8 Å². The summed E-state index contributed by atoms with van der Waals surface area (Å²) in [6, 6.07) is 0. The molecule has 0 atom stereocenters. The summed E-state index contributed by atoms with van der Waals surface area (Å²) in [5.74, 6) is 0. The lowest BCUT2D eigenvalue weighted by atomic mass is 10.1. The van der Waals surface area contributed by atoms with Gasteiger partial charge in [0.2, 0.25) is 0 Å². The van der Waals surface area contributed by atoms with Crippen LogP contribution >= 0.6 is 0 Å². The normalized spacial score (nSPS) is 20.4. The van der Waals surface area contributed by atoms with Gasteiger partial charge < -0.3 is 5.11 Å². The number of aliphatic hydroxyl groups is 1. The molecule has 0 aromatic carbocycles. The molecule has 2 heteroatoms. The molecule has 0 saturated carbocycles. The third-order valence-electron chi connectivity index (χ3n) is 1.39. The quantitative estimate of drug-likeness (QED) is 0.530. The van der Waals surface area contributed by atoms with Crippen LogP contribution in [0.2, 0.25) is 0 Å². The Hall–Kier alpha value is -0.370. The van der Waals surface area contributed by atoms with E-state index < -0.39 is 0 Å². The molecule has 0 aliphatic carbocycles. The van der Waals surface area contributed by atoms with Gasteiger partial charge in [-0.2, -0.15) is 0 Å². The second-order valence-corrected chi connectivity index (χ2v) is 2.06. The van der Waals surface area contributed by atoms with Crippen molar-refractivity contribution in [3.63, 3.8) is 0 Å². The summed E-state index contributed by atoms with van der Waals surface area (Å²) >= 11 is 0. The van der Waals surface area contributed by atoms with E-state index >= 15 is 0 Å². The Bertz CT molecular complexity index is 98.7. The number of rotatable bonds is 1. The molecule has 0 spiro atoms. The summed E-state index contributed by atoms with van der Waals surface area (Å²) in [4.78, 5) is 4.11. The molecule has 1 aliphatic heterocycles. The van der Waals surface area contributed by atoms with Crippen LogP contribution in [0, 0.1) is 0 Å². The van der Waals surface area contributed by atoms with Gasteiger partial charge in [0.25, 0.3) is 0 Å². The lowest BCUT2D eigenvalue weighted by molar-refractivity contribution is 0.352. The van der Waals surface area contributed by atoms with Crippen LogP contribution in [0.15, 0.2) is 4.99 Å². The van der Waals surface area contributed by atoms with E-state index in [2.05, 4.69) is 4.99 Å². The van der Waals surface area contributed by atoms with Crippen LogP contribution in [0.4, 0.5) is 0 Å². The van der Waals surface area contributed by atoms with Crippen LogP contribution in [0.5, 0.6) is 0 Å². The zero-order chi connectivity index (χ0) is 5.82. The maximum Gasteiger partial charge on any atom is 0.0809 e. The van der Waals surface area contributed by atoms with Crippen LogP contribution in [0.3, 0.4) is 0 Å². The molecule has 0 bridgehead atoms. The average Bonchev–Trinajstić information content (AvgIpc) is 1.90. The Kier molecular flexibility index (Phi) is 2.03. The van der Waals surface area contributed by atoms with Gasteiger partial charge in [0, 0.05) is 12.3 Å². The van der Waals surface area contributed by atoms with Gasteiger partial charge in [-0.15, -0.1) is 0 Å². The fraction of sp³-hybridized carbons (Fsp3) is 0.833. The van der Waals surface area contributed by atoms with E-state index in [1.807, 2.05) is 0 Å². The molecule has 0 saturated heterocycles. The van der Waals surface area contributed by atoms with Crippen LogP contribution in [0.25, 0.3) is 0 Å². The second kappa shape index (κ2) is 2.82. The fourth-order valence-electron chi connectivity index (χ4n) is 0.886. The van der Waals surface area contributed by atoms with Crippen LogP contribution < -0.4 is 0 Å². The summed E-state index contributed by atoms with van der Waals surface area (Å²) < 4.78 is 0. The number of nitrogens with zero attached hydrogens (tertiary/aromatic N) is 1. The average molecular weight is 113 g/mol. The number of aliphatic imine (C=N–C) groups is 1. The molecule has 46 valence electrons. The van der Waals surface area contributed by atoms with Gasteiger partial charge in [0.1, 0.15) is 0 Å². The SMILES string of the molecule is OCC1=NCCCC1. The highest BCUT2D eigenvalue weighted by Gasteiger charge is 2.01. The molecule has 1 aliphatic rings. The minimum Gasteiger partial charge on any atom is -0.390 e. The maximum atomic E-state index is 8.56. The molecule has 0 aromatic rings. The molecule has 1 heterocycles. The number of hydrogen-bond acceptors (Lipinski definition) is 2. The Morgan fingerprint density at radius 2 is 2.38 bits per heavy atom. The van der Waals surface area contributed by atoms with Gasteiger partial charge in [-0.25, -0.2) is 0 Å². The van der Waals surface area contributed by atoms with E-state index in [0.717, 1.165) is 18.7 Å². The summed E-state index contributed by atoms with van der Waals surface area (Å²) in [5, 5.41) is 8.56. The van der Waals surface area contributed by atoms with Crippen molar-refractivity contribution in [3.8, 4) is 0 Å². The maximum absolute atomic E-state index is 8.56. The molecule has 8 heavy (non-hydrogen) atoms. The largest absolute Gasteiger partial charge is 0.390 e. The van der Waals surface area contributed by atoms with Gasteiger partial charge in [-0.1, -0.05) is 0 Å².